The molecule has 2 rings (SSSR count). The summed E-state index contributed by atoms with van der Waals surface area (Å²) in [6, 6.07) is 10.0. The molecule has 1 fully saturated rings. The molecule has 0 radical (unpaired) electrons. The van der Waals surface area contributed by atoms with Gasteiger partial charge in [-0.3, -0.25) is 4.79 Å². The largest absolute Gasteiger partial charge is 0.481 e. The topological polar surface area (TPSA) is 49.8 Å². The summed E-state index contributed by atoms with van der Waals surface area (Å²) in [5.74, 6) is -0.760. The highest BCUT2D eigenvalue weighted by atomic mass is 16.5. The molecule has 0 spiro atoms. The van der Waals surface area contributed by atoms with Gasteiger partial charge in [-0.1, -0.05) is 30.3 Å². The number of carbonyl (C=O) groups is 1. The minimum Gasteiger partial charge on any atom is -0.481 e. The summed E-state index contributed by atoms with van der Waals surface area (Å²) in [4.78, 5) is 13.2. The van der Waals surface area contributed by atoms with Crippen molar-refractivity contribution in [2.45, 2.75) is 6.54 Å². The van der Waals surface area contributed by atoms with Crippen molar-refractivity contribution in [1.29, 1.82) is 0 Å². The average Bonchev–Trinajstić information content (AvgIpc) is 2.24. The third-order valence-corrected chi connectivity index (χ3v) is 3.08. The monoisotopic (exact) mass is 235 g/mol. The van der Waals surface area contributed by atoms with Crippen molar-refractivity contribution >= 4 is 5.97 Å². The number of hydrogen-bond donors (Lipinski definition) is 1. The number of aliphatic carboxylic acids is 1. The van der Waals surface area contributed by atoms with Crippen molar-refractivity contribution in [3.63, 3.8) is 0 Å². The zero-order valence-corrected chi connectivity index (χ0v) is 9.93. The Balaban J connectivity index is 1.93. The van der Waals surface area contributed by atoms with Crippen molar-refractivity contribution < 1.29 is 14.6 Å². The molecule has 0 aliphatic carbocycles. The van der Waals surface area contributed by atoms with E-state index in [1.165, 1.54) is 5.56 Å². The molecule has 92 valence electrons. The maximum atomic E-state index is 11.2. The number of hydrogen-bond acceptors (Lipinski definition) is 3. The van der Waals surface area contributed by atoms with Crippen molar-refractivity contribution in [1.82, 2.24) is 4.90 Å². The van der Waals surface area contributed by atoms with Gasteiger partial charge < -0.3 is 14.7 Å². The van der Waals surface area contributed by atoms with Crippen LogP contribution in [0.3, 0.4) is 0 Å². The zero-order valence-electron chi connectivity index (χ0n) is 9.93. The molecule has 1 saturated heterocycles. The molecule has 1 aromatic rings. The van der Waals surface area contributed by atoms with Gasteiger partial charge >= 0.3 is 5.97 Å². The average molecular weight is 235 g/mol. The van der Waals surface area contributed by atoms with E-state index in [2.05, 4.69) is 0 Å². The van der Waals surface area contributed by atoms with Crippen LogP contribution in [-0.4, -0.2) is 42.8 Å². The van der Waals surface area contributed by atoms with E-state index in [0.717, 1.165) is 6.54 Å². The Labute approximate surface area is 101 Å². The van der Waals surface area contributed by atoms with E-state index in [-0.39, 0.29) is 0 Å². The fourth-order valence-corrected chi connectivity index (χ4v) is 2.10. The molecule has 17 heavy (non-hydrogen) atoms. The van der Waals surface area contributed by atoms with Crippen molar-refractivity contribution in [2.75, 3.05) is 26.8 Å². The molecule has 0 saturated carbocycles. The summed E-state index contributed by atoms with van der Waals surface area (Å²) in [5, 5.41) is 9.19. The first-order valence-electron chi connectivity index (χ1n) is 5.66. The Morgan fingerprint density at radius 1 is 1.41 bits per heavy atom. The highest BCUT2D eigenvalue weighted by Gasteiger charge is 2.46. The van der Waals surface area contributed by atoms with E-state index in [1.807, 2.05) is 42.3 Å². The first kappa shape index (κ1) is 12.1. The molecule has 1 heterocycles. The number of nitrogens with zero attached hydrogens (tertiary/aromatic N) is 1. The molecule has 1 aromatic carbocycles. The molecule has 0 unspecified atom stereocenters. The smallest absolute Gasteiger partial charge is 0.315 e. The van der Waals surface area contributed by atoms with E-state index in [9.17, 15) is 9.90 Å². The summed E-state index contributed by atoms with van der Waals surface area (Å²) in [6.45, 7) is 1.93. The highest BCUT2D eigenvalue weighted by molar-refractivity contribution is 5.76. The SMILES string of the molecule is CN(Cc1ccccc1)CC1(C(=O)O)COC1. The Bertz CT molecular complexity index is 387. The first-order chi connectivity index (χ1) is 8.12. The van der Waals surface area contributed by atoms with Crippen molar-refractivity contribution in [2.24, 2.45) is 5.41 Å². The fourth-order valence-electron chi connectivity index (χ4n) is 2.10. The Morgan fingerprint density at radius 3 is 2.53 bits per heavy atom. The van der Waals surface area contributed by atoms with Gasteiger partial charge in [0.25, 0.3) is 0 Å². The van der Waals surface area contributed by atoms with Crippen molar-refractivity contribution in [3.05, 3.63) is 35.9 Å². The van der Waals surface area contributed by atoms with Crippen LogP contribution in [0.1, 0.15) is 5.56 Å². The number of rotatable bonds is 5. The van der Waals surface area contributed by atoms with Gasteiger partial charge in [-0.15, -0.1) is 0 Å². The second kappa shape index (κ2) is 4.85. The lowest BCUT2D eigenvalue weighted by molar-refractivity contribution is -0.183. The molecular formula is C13H17NO3. The fraction of sp³-hybridized carbons (Fsp3) is 0.462. The molecule has 0 atom stereocenters. The summed E-state index contributed by atoms with van der Waals surface area (Å²) in [5.41, 5.74) is 0.486. The van der Waals surface area contributed by atoms with Crippen LogP contribution in [-0.2, 0) is 16.1 Å². The maximum Gasteiger partial charge on any atom is 0.315 e. The number of carboxylic acids is 1. The second-order valence-electron chi connectivity index (χ2n) is 4.74. The quantitative estimate of drug-likeness (QED) is 0.833. The van der Waals surface area contributed by atoms with Gasteiger partial charge in [0.05, 0.1) is 13.2 Å². The van der Waals surface area contributed by atoms with Gasteiger partial charge in [0.15, 0.2) is 0 Å². The molecule has 1 N–H and O–H groups in total. The number of carboxylic acid groups (broad SMARTS) is 1. The van der Waals surface area contributed by atoms with Crippen LogP contribution in [0.25, 0.3) is 0 Å². The Hall–Kier alpha value is -1.39. The summed E-state index contributed by atoms with van der Waals surface area (Å²) < 4.78 is 5.04. The van der Waals surface area contributed by atoms with Gasteiger partial charge in [0.1, 0.15) is 5.41 Å². The molecular weight excluding hydrogens is 218 g/mol. The lowest BCUT2D eigenvalue weighted by atomic mass is 9.85. The minimum atomic E-state index is -0.760. The molecule has 4 nitrogen and oxygen atoms in total. The van der Waals surface area contributed by atoms with Crippen LogP contribution in [0.5, 0.6) is 0 Å². The molecule has 4 heteroatoms. The predicted molar refractivity (Wildman–Crippen MR) is 63.7 cm³/mol. The third kappa shape index (κ3) is 2.65. The number of ether oxygens (including phenoxy) is 1. The third-order valence-electron chi connectivity index (χ3n) is 3.08. The highest BCUT2D eigenvalue weighted by Crippen LogP contribution is 2.29. The second-order valence-corrected chi connectivity index (χ2v) is 4.74. The van der Waals surface area contributed by atoms with E-state index in [1.54, 1.807) is 0 Å². The summed E-state index contributed by atoms with van der Waals surface area (Å²) >= 11 is 0. The Morgan fingerprint density at radius 2 is 2.06 bits per heavy atom. The van der Waals surface area contributed by atoms with E-state index in [0.29, 0.717) is 19.8 Å². The molecule has 1 aliphatic heterocycles. The standard InChI is InChI=1S/C13H17NO3/c1-14(7-11-5-3-2-4-6-11)8-13(12(15)16)9-17-10-13/h2-6H,7-10H2,1H3,(H,15,16). The molecule has 0 bridgehead atoms. The van der Waals surface area contributed by atoms with Crippen LogP contribution in [0.15, 0.2) is 30.3 Å². The van der Waals surface area contributed by atoms with E-state index in [4.69, 9.17) is 4.74 Å². The normalized spacial score (nSPS) is 17.8. The maximum absolute atomic E-state index is 11.2. The molecule has 0 amide bonds. The van der Waals surface area contributed by atoms with Gasteiger partial charge in [-0.05, 0) is 12.6 Å². The predicted octanol–water partition coefficient (Wildman–Crippen LogP) is 1.22. The van der Waals surface area contributed by atoms with Crippen LogP contribution in [0.2, 0.25) is 0 Å². The summed E-state index contributed by atoms with van der Waals surface area (Å²) in [6.07, 6.45) is 0. The van der Waals surface area contributed by atoms with Crippen LogP contribution in [0.4, 0.5) is 0 Å². The minimum absolute atomic E-state index is 0.321. The zero-order chi connectivity index (χ0) is 12.3. The lowest BCUT2D eigenvalue weighted by Gasteiger charge is -2.40. The Kier molecular flexibility index (Phi) is 3.45. The van der Waals surface area contributed by atoms with Gasteiger partial charge in [0.2, 0.25) is 0 Å². The number of benzene rings is 1. The first-order valence-corrected chi connectivity index (χ1v) is 5.66. The van der Waals surface area contributed by atoms with Crippen LogP contribution in [0, 0.1) is 5.41 Å². The van der Waals surface area contributed by atoms with Crippen molar-refractivity contribution in [3.8, 4) is 0 Å². The van der Waals surface area contributed by atoms with Gasteiger partial charge in [-0.25, -0.2) is 0 Å². The summed E-state index contributed by atoms with van der Waals surface area (Å²) in [7, 11) is 1.94. The lowest BCUT2D eigenvalue weighted by Crippen LogP contribution is -2.55. The van der Waals surface area contributed by atoms with Crippen LogP contribution < -0.4 is 0 Å². The van der Waals surface area contributed by atoms with Gasteiger partial charge in [-0.2, -0.15) is 0 Å². The van der Waals surface area contributed by atoms with Gasteiger partial charge in [0, 0.05) is 13.1 Å². The molecule has 0 aromatic heterocycles. The molecule has 1 aliphatic rings. The van der Waals surface area contributed by atoms with Crippen LogP contribution >= 0.6 is 0 Å². The van der Waals surface area contributed by atoms with E-state index < -0.39 is 11.4 Å². The van der Waals surface area contributed by atoms with E-state index >= 15 is 0 Å².